The largest absolute Gasteiger partial charge is 2.00 e. The Morgan fingerprint density at radius 1 is 0.657 bits per heavy atom. The number of carboxylic acids is 2. The summed E-state index contributed by atoms with van der Waals surface area (Å²) in [6.07, 6.45) is 3.75. The number of hydrogen-bond donors (Lipinski definition) is 2. The molecule has 0 unspecified atom stereocenters. The minimum absolute atomic E-state index is 0. The molecular formula is C28H36N2O4Pt. The molecule has 0 radical (unpaired) electrons. The average molecular weight is 660 g/mol. The number of pyridine rings is 2. The molecule has 7 heteroatoms. The Labute approximate surface area is 224 Å². The van der Waals surface area contributed by atoms with Crippen LogP contribution in [0.25, 0.3) is 11.4 Å². The van der Waals surface area contributed by atoms with Gasteiger partial charge in [-0.25, -0.2) is 9.59 Å². The van der Waals surface area contributed by atoms with Crippen molar-refractivity contribution < 1.29 is 40.9 Å². The second kappa shape index (κ2) is 13.9. The van der Waals surface area contributed by atoms with Crippen molar-refractivity contribution in [2.75, 3.05) is 0 Å². The van der Waals surface area contributed by atoms with Gasteiger partial charge >= 0.3 is 33.0 Å². The number of carbonyl (C=O) groups is 2. The topological polar surface area (TPSA) is 100 Å². The zero-order chi connectivity index (χ0) is 24.1. The van der Waals surface area contributed by atoms with Gasteiger partial charge in [-0.1, -0.05) is 53.7 Å². The summed E-state index contributed by atoms with van der Waals surface area (Å²) in [6.45, 7) is 13.3. The van der Waals surface area contributed by atoms with E-state index < -0.39 is 11.9 Å². The molecule has 0 fully saturated rings. The van der Waals surface area contributed by atoms with Gasteiger partial charge in [-0.2, -0.15) is 0 Å². The van der Waals surface area contributed by atoms with Gasteiger partial charge in [0.25, 0.3) is 0 Å². The van der Waals surface area contributed by atoms with E-state index in [2.05, 4.69) is 75.8 Å². The van der Waals surface area contributed by atoms with Crippen LogP contribution in [0.1, 0.15) is 73.4 Å². The molecule has 2 N–H and O–H groups in total. The van der Waals surface area contributed by atoms with E-state index in [0.717, 1.165) is 11.4 Å². The Morgan fingerprint density at radius 3 is 1.23 bits per heavy atom. The minimum Gasteiger partial charge on any atom is -0.478 e. The van der Waals surface area contributed by atoms with Crippen molar-refractivity contribution in [3.8, 4) is 11.4 Å². The van der Waals surface area contributed by atoms with Crippen LogP contribution < -0.4 is 0 Å². The van der Waals surface area contributed by atoms with Crippen LogP contribution in [0.15, 0.2) is 60.9 Å². The normalized spacial score (nSPS) is 10.3. The van der Waals surface area contributed by atoms with Gasteiger partial charge in [0.05, 0.1) is 22.5 Å². The standard InChI is InChI=1S/C18H24N2.C8H6O4.2CH3.Pt/c1-17(2,3)13-7-9-19-15(11-13)16-12-14(8-10-20-16)18(4,5)6;9-7(10)5-3-1-2-4-6(5)8(11)12;;;/h7-12H,1-6H3;1-4H,(H,9,10)(H,11,12);2*1H3;/q;;2*-1;+2. The molecule has 0 amide bonds. The molecule has 0 bridgehead atoms. The number of aromatic carboxylic acids is 2. The summed E-state index contributed by atoms with van der Waals surface area (Å²) < 4.78 is 0. The van der Waals surface area contributed by atoms with Crippen LogP contribution in [-0.4, -0.2) is 32.1 Å². The molecule has 0 saturated heterocycles. The average Bonchev–Trinajstić information content (AvgIpc) is 2.73. The molecule has 2 heterocycles. The molecule has 0 aliphatic rings. The third-order valence-electron chi connectivity index (χ3n) is 4.90. The Kier molecular flexibility index (Phi) is 13.6. The van der Waals surface area contributed by atoms with Crippen LogP contribution in [-0.2, 0) is 31.9 Å². The van der Waals surface area contributed by atoms with Crippen molar-refractivity contribution in [1.82, 2.24) is 9.97 Å². The molecule has 6 nitrogen and oxygen atoms in total. The molecule has 0 saturated carbocycles. The molecule has 2 aromatic heterocycles. The van der Waals surface area contributed by atoms with Gasteiger partial charge in [0.2, 0.25) is 0 Å². The van der Waals surface area contributed by atoms with Gasteiger partial charge in [0.1, 0.15) is 0 Å². The van der Waals surface area contributed by atoms with Crippen LogP contribution in [0.2, 0.25) is 0 Å². The minimum atomic E-state index is -1.23. The SMILES string of the molecule is CC(C)(C)c1ccnc(-c2cc(C(C)(C)C)ccn2)c1.O=C(O)c1ccccc1C(=O)O.[CH3-].[CH3-].[Pt+2]. The van der Waals surface area contributed by atoms with Crippen molar-refractivity contribution >= 4 is 11.9 Å². The third kappa shape index (κ3) is 9.73. The van der Waals surface area contributed by atoms with Crippen LogP contribution in [0, 0.1) is 14.9 Å². The first-order chi connectivity index (χ1) is 14.8. The van der Waals surface area contributed by atoms with Crippen molar-refractivity contribution in [1.29, 1.82) is 0 Å². The van der Waals surface area contributed by atoms with Crippen molar-refractivity contribution in [2.45, 2.75) is 52.4 Å². The predicted octanol–water partition coefficient (Wildman–Crippen LogP) is 6.72. The predicted molar refractivity (Wildman–Crippen MR) is 138 cm³/mol. The fourth-order valence-electron chi connectivity index (χ4n) is 2.93. The molecule has 192 valence electrons. The first kappa shape index (κ1) is 34.3. The Hall–Kier alpha value is -2.85. The molecule has 0 aliphatic carbocycles. The van der Waals surface area contributed by atoms with E-state index in [9.17, 15) is 9.59 Å². The number of hydrogen-bond acceptors (Lipinski definition) is 4. The van der Waals surface area contributed by atoms with Gasteiger partial charge in [0.15, 0.2) is 0 Å². The summed E-state index contributed by atoms with van der Waals surface area (Å²) in [5, 5.41) is 17.1. The van der Waals surface area contributed by atoms with Crippen molar-refractivity contribution in [2.24, 2.45) is 0 Å². The Bertz CT molecular complexity index is 1030. The molecular weight excluding hydrogens is 623 g/mol. The summed E-state index contributed by atoms with van der Waals surface area (Å²) in [4.78, 5) is 29.9. The van der Waals surface area contributed by atoms with E-state index >= 15 is 0 Å². The quantitative estimate of drug-likeness (QED) is 0.303. The zero-order valence-corrected chi connectivity index (χ0v) is 24.0. The van der Waals surface area contributed by atoms with Gasteiger partial charge in [-0.15, -0.1) is 0 Å². The van der Waals surface area contributed by atoms with E-state index in [1.165, 1.54) is 35.4 Å². The maximum atomic E-state index is 10.5. The van der Waals surface area contributed by atoms with E-state index in [-0.39, 0.29) is 57.9 Å². The molecule has 3 rings (SSSR count). The first-order valence-electron chi connectivity index (χ1n) is 10.3. The fraction of sp³-hybridized carbons (Fsp3) is 0.286. The molecule has 0 atom stereocenters. The number of rotatable bonds is 3. The van der Waals surface area contributed by atoms with Gasteiger partial charge in [-0.05, 0) is 58.4 Å². The summed E-state index contributed by atoms with van der Waals surface area (Å²) in [5.74, 6) is -2.46. The molecule has 0 aliphatic heterocycles. The monoisotopic (exact) mass is 659 g/mol. The molecule has 0 spiro atoms. The van der Waals surface area contributed by atoms with E-state index in [4.69, 9.17) is 10.2 Å². The molecule has 3 aromatic rings. The molecule has 35 heavy (non-hydrogen) atoms. The number of nitrogens with zero attached hydrogens (tertiary/aromatic N) is 2. The Morgan fingerprint density at radius 2 is 0.971 bits per heavy atom. The summed E-state index contributed by atoms with van der Waals surface area (Å²) in [5.41, 5.74) is 4.33. The van der Waals surface area contributed by atoms with Crippen molar-refractivity contribution in [3.05, 3.63) is 98.0 Å². The van der Waals surface area contributed by atoms with Gasteiger partial charge in [-0.3, -0.25) is 9.97 Å². The first-order valence-corrected chi connectivity index (χ1v) is 10.3. The van der Waals surface area contributed by atoms with Crippen LogP contribution in [0.3, 0.4) is 0 Å². The van der Waals surface area contributed by atoms with E-state index in [1.807, 2.05) is 12.4 Å². The smallest absolute Gasteiger partial charge is 0.478 e. The van der Waals surface area contributed by atoms with Gasteiger partial charge in [0, 0.05) is 12.4 Å². The second-order valence-electron chi connectivity index (χ2n) is 9.52. The summed E-state index contributed by atoms with van der Waals surface area (Å²) in [6, 6.07) is 13.9. The number of aromatic nitrogens is 2. The van der Waals surface area contributed by atoms with Crippen LogP contribution in [0.5, 0.6) is 0 Å². The second-order valence-corrected chi connectivity index (χ2v) is 9.52. The fourth-order valence-corrected chi connectivity index (χ4v) is 2.93. The van der Waals surface area contributed by atoms with E-state index in [1.54, 1.807) is 0 Å². The zero-order valence-electron chi connectivity index (χ0n) is 21.7. The van der Waals surface area contributed by atoms with Gasteiger partial charge < -0.3 is 25.1 Å². The maximum absolute atomic E-state index is 10.5. The maximum Gasteiger partial charge on any atom is 2.00 e. The van der Waals surface area contributed by atoms with E-state index in [0.29, 0.717) is 0 Å². The molecule has 1 aromatic carbocycles. The van der Waals surface area contributed by atoms with Crippen molar-refractivity contribution in [3.63, 3.8) is 0 Å². The summed E-state index contributed by atoms with van der Waals surface area (Å²) in [7, 11) is 0. The Balaban J connectivity index is 0. The number of benzene rings is 1. The summed E-state index contributed by atoms with van der Waals surface area (Å²) >= 11 is 0. The van der Waals surface area contributed by atoms with Crippen LogP contribution >= 0.6 is 0 Å². The number of carboxylic acid groups (broad SMARTS) is 2. The third-order valence-corrected chi connectivity index (χ3v) is 4.90. The van der Waals surface area contributed by atoms with Crippen LogP contribution in [0.4, 0.5) is 0 Å².